The van der Waals surface area contributed by atoms with E-state index in [0.717, 1.165) is 12.0 Å². The third kappa shape index (κ3) is 5.84. The second-order valence-corrected chi connectivity index (χ2v) is 10.8. The Bertz CT molecular complexity index is 1040. The van der Waals surface area contributed by atoms with Crippen LogP contribution in [0.3, 0.4) is 0 Å². The van der Waals surface area contributed by atoms with Gasteiger partial charge in [0, 0.05) is 24.6 Å². The molecule has 1 heterocycles. The van der Waals surface area contributed by atoms with Crippen LogP contribution in [0.2, 0.25) is 0 Å². The smallest absolute Gasteiger partial charge is 0.243 e. The topological polar surface area (TPSA) is 83.6 Å². The zero-order valence-electron chi connectivity index (χ0n) is 19.0. The number of carbonyl (C=O) groups excluding carboxylic acids is 2. The van der Waals surface area contributed by atoms with Gasteiger partial charge in [0.15, 0.2) is 5.78 Å². The molecule has 2 aromatic rings. The Morgan fingerprint density at radius 2 is 1.69 bits per heavy atom. The summed E-state index contributed by atoms with van der Waals surface area (Å²) in [6.07, 6.45) is 1.79. The van der Waals surface area contributed by atoms with Crippen LogP contribution < -0.4 is 5.32 Å². The van der Waals surface area contributed by atoms with E-state index in [9.17, 15) is 18.0 Å². The zero-order valence-corrected chi connectivity index (χ0v) is 19.8. The quantitative estimate of drug-likeness (QED) is 0.604. The molecule has 32 heavy (non-hydrogen) atoms. The summed E-state index contributed by atoms with van der Waals surface area (Å²) in [4.78, 5) is 24.7. The fraction of sp³-hybridized carbons (Fsp3) is 0.440. The van der Waals surface area contributed by atoms with E-state index in [1.54, 1.807) is 12.1 Å². The first-order valence-corrected chi connectivity index (χ1v) is 12.6. The van der Waals surface area contributed by atoms with Crippen LogP contribution >= 0.6 is 0 Å². The summed E-state index contributed by atoms with van der Waals surface area (Å²) in [6.45, 7) is 6.24. The molecule has 0 saturated carbocycles. The number of sulfonamides is 1. The first kappa shape index (κ1) is 24.1. The van der Waals surface area contributed by atoms with Gasteiger partial charge in [-0.05, 0) is 49.8 Å². The minimum atomic E-state index is -3.70. The van der Waals surface area contributed by atoms with Crippen LogP contribution in [0.25, 0.3) is 0 Å². The molecule has 3 rings (SSSR count). The van der Waals surface area contributed by atoms with Crippen LogP contribution in [0, 0.1) is 11.8 Å². The number of rotatable bonds is 8. The standard InChI is InChI=1S/C25H32N2O4S/c1-18(2)16-24(20-8-5-4-6-9-20)26-25(29)21-12-14-27(15-13-21)32(30,31)23-11-7-10-22(17-23)19(3)28/h4-11,17-18,21,24H,12-16H2,1-3H3,(H,26,29). The van der Waals surface area contributed by atoms with Crippen molar-refractivity contribution in [1.82, 2.24) is 9.62 Å². The maximum absolute atomic E-state index is 13.0. The fourth-order valence-electron chi connectivity index (χ4n) is 4.11. The predicted molar refractivity (Wildman–Crippen MR) is 125 cm³/mol. The van der Waals surface area contributed by atoms with Gasteiger partial charge < -0.3 is 5.32 Å². The van der Waals surface area contributed by atoms with E-state index in [1.807, 2.05) is 30.3 Å². The molecule has 0 aromatic heterocycles. The molecule has 7 heteroatoms. The van der Waals surface area contributed by atoms with Gasteiger partial charge in [0.1, 0.15) is 0 Å². The molecule has 0 bridgehead atoms. The maximum atomic E-state index is 13.0. The minimum Gasteiger partial charge on any atom is -0.349 e. The number of amides is 1. The van der Waals surface area contributed by atoms with E-state index in [2.05, 4.69) is 19.2 Å². The van der Waals surface area contributed by atoms with Gasteiger partial charge in [-0.3, -0.25) is 9.59 Å². The summed E-state index contributed by atoms with van der Waals surface area (Å²) in [5.41, 5.74) is 1.46. The van der Waals surface area contributed by atoms with Gasteiger partial charge in [-0.2, -0.15) is 4.31 Å². The molecule has 1 fully saturated rings. The zero-order chi connectivity index (χ0) is 23.3. The van der Waals surface area contributed by atoms with E-state index in [1.165, 1.54) is 23.4 Å². The molecule has 6 nitrogen and oxygen atoms in total. The van der Waals surface area contributed by atoms with Gasteiger partial charge in [-0.15, -0.1) is 0 Å². The number of hydrogen-bond acceptors (Lipinski definition) is 4. The van der Waals surface area contributed by atoms with Gasteiger partial charge in [-0.1, -0.05) is 56.3 Å². The van der Waals surface area contributed by atoms with Crippen LogP contribution in [-0.4, -0.2) is 37.5 Å². The van der Waals surface area contributed by atoms with E-state index in [-0.39, 0.29) is 41.6 Å². The van der Waals surface area contributed by atoms with Crippen LogP contribution in [-0.2, 0) is 14.8 Å². The highest BCUT2D eigenvalue weighted by molar-refractivity contribution is 7.89. The van der Waals surface area contributed by atoms with Crippen LogP contribution in [0.15, 0.2) is 59.5 Å². The van der Waals surface area contributed by atoms with Crippen LogP contribution in [0.4, 0.5) is 0 Å². The summed E-state index contributed by atoms with van der Waals surface area (Å²) in [5, 5.41) is 3.20. The number of Topliss-reactive ketones (excluding diaryl/α,β-unsaturated/α-hetero) is 1. The van der Waals surface area contributed by atoms with Crippen molar-refractivity contribution < 1.29 is 18.0 Å². The highest BCUT2D eigenvalue weighted by atomic mass is 32.2. The van der Waals surface area contributed by atoms with E-state index in [0.29, 0.717) is 24.3 Å². The molecule has 1 unspecified atom stereocenters. The molecule has 1 saturated heterocycles. The fourth-order valence-corrected chi connectivity index (χ4v) is 5.62. The van der Waals surface area contributed by atoms with Crippen molar-refractivity contribution in [2.75, 3.05) is 13.1 Å². The molecule has 172 valence electrons. The molecule has 0 spiro atoms. The third-order valence-corrected chi connectivity index (χ3v) is 7.82. The van der Waals surface area contributed by atoms with Crippen molar-refractivity contribution in [2.45, 2.75) is 51.0 Å². The molecule has 1 amide bonds. The maximum Gasteiger partial charge on any atom is 0.243 e. The van der Waals surface area contributed by atoms with E-state index >= 15 is 0 Å². The van der Waals surface area contributed by atoms with Gasteiger partial charge >= 0.3 is 0 Å². The summed E-state index contributed by atoms with van der Waals surface area (Å²) in [7, 11) is -3.70. The van der Waals surface area contributed by atoms with Crippen LogP contribution in [0.1, 0.15) is 62.0 Å². The lowest BCUT2D eigenvalue weighted by Crippen LogP contribution is -2.43. The molecular weight excluding hydrogens is 424 g/mol. The van der Waals surface area contributed by atoms with Crippen molar-refractivity contribution in [2.24, 2.45) is 11.8 Å². The molecule has 1 atom stereocenters. The second kappa shape index (κ2) is 10.4. The minimum absolute atomic E-state index is 0.0184. The molecular formula is C25H32N2O4S. The van der Waals surface area contributed by atoms with E-state index in [4.69, 9.17) is 0 Å². The second-order valence-electron chi connectivity index (χ2n) is 8.86. The van der Waals surface area contributed by atoms with Gasteiger partial charge in [0.05, 0.1) is 10.9 Å². The van der Waals surface area contributed by atoms with Crippen LogP contribution in [0.5, 0.6) is 0 Å². The number of nitrogens with one attached hydrogen (secondary N) is 1. The highest BCUT2D eigenvalue weighted by Gasteiger charge is 2.33. The van der Waals surface area contributed by atoms with Crippen molar-refractivity contribution in [3.63, 3.8) is 0 Å². The lowest BCUT2D eigenvalue weighted by atomic mass is 9.93. The summed E-state index contributed by atoms with van der Waals surface area (Å²) in [5.74, 6) is 0.0172. The molecule has 1 N–H and O–H groups in total. The monoisotopic (exact) mass is 456 g/mol. The van der Waals surface area contributed by atoms with Gasteiger partial charge in [0.2, 0.25) is 15.9 Å². The van der Waals surface area contributed by atoms with Crippen molar-refractivity contribution in [3.8, 4) is 0 Å². The molecule has 1 aliphatic rings. The summed E-state index contributed by atoms with van der Waals surface area (Å²) < 4.78 is 27.5. The SMILES string of the molecule is CC(=O)c1cccc(S(=O)(=O)N2CCC(C(=O)NC(CC(C)C)c3ccccc3)CC2)c1. The predicted octanol–water partition coefficient (Wildman–Crippen LogP) is 4.19. The van der Waals surface area contributed by atoms with Gasteiger partial charge in [0.25, 0.3) is 0 Å². The highest BCUT2D eigenvalue weighted by Crippen LogP contribution is 2.27. The van der Waals surface area contributed by atoms with Gasteiger partial charge in [-0.25, -0.2) is 8.42 Å². The molecule has 0 aliphatic carbocycles. The number of piperidine rings is 1. The first-order valence-electron chi connectivity index (χ1n) is 11.1. The largest absolute Gasteiger partial charge is 0.349 e. The third-order valence-electron chi connectivity index (χ3n) is 5.93. The lowest BCUT2D eigenvalue weighted by molar-refractivity contribution is -0.127. The Hall–Kier alpha value is -2.51. The Morgan fingerprint density at radius 1 is 1.03 bits per heavy atom. The average Bonchev–Trinajstić information content (AvgIpc) is 2.79. The normalized spacial score (nSPS) is 16.6. The molecule has 2 aromatic carbocycles. The lowest BCUT2D eigenvalue weighted by Gasteiger charge is -2.32. The van der Waals surface area contributed by atoms with Crippen molar-refractivity contribution in [1.29, 1.82) is 0 Å². The summed E-state index contributed by atoms with van der Waals surface area (Å²) in [6, 6.07) is 16.0. The summed E-state index contributed by atoms with van der Waals surface area (Å²) >= 11 is 0. The van der Waals surface area contributed by atoms with Crippen molar-refractivity contribution >= 4 is 21.7 Å². The van der Waals surface area contributed by atoms with E-state index < -0.39 is 10.0 Å². The molecule has 0 radical (unpaired) electrons. The number of benzene rings is 2. The number of nitrogens with zero attached hydrogens (tertiary/aromatic N) is 1. The Labute approximate surface area is 191 Å². The Balaban J connectivity index is 1.65. The number of ketones is 1. The van der Waals surface area contributed by atoms with Crippen molar-refractivity contribution in [3.05, 3.63) is 65.7 Å². The first-order chi connectivity index (χ1) is 15.2. The Kier molecular flexibility index (Phi) is 7.85. The number of carbonyl (C=O) groups is 2. The molecule has 1 aliphatic heterocycles. The Morgan fingerprint density at radius 3 is 2.28 bits per heavy atom. The number of hydrogen-bond donors (Lipinski definition) is 1. The average molecular weight is 457 g/mol.